The maximum absolute atomic E-state index is 13.0. The number of anilines is 1. The van der Waals surface area contributed by atoms with Crippen LogP contribution in [0.15, 0.2) is 47.5 Å². The zero-order valence-corrected chi connectivity index (χ0v) is 19.6. The van der Waals surface area contributed by atoms with E-state index in [2.05, 4.69) is 22.7 Å². The van der Waals surface area contributed by atoms with Crippen LogP contribution in [-0.2, 0) is 13.1 Å². The molecule has 0 spiro atoms. The molecule has 0 atom stereocenters. The van der Waals surface area contributed by atoms with Crippen LogP contribution in [0.2, 0.25) is 0 Å². The molecular weight excluding hydrogens is 402 g/mol. The van der Waals surface area contributed by atoms with Gasteiger partial charge in [0, 0.05) is 23.4 Å². The molecule has 0 saturated heterocycles. The standard InChI is InChI=1S/C25H31N5O2/c1-7-30-19(5)21(18(4)29-30)15-26-25(27-22-10-8-9-11-23(22)32-6)28-24(31)20-13-12-16(2)17(3)14-20/h8-14H,7,15H2,1-6H3,(H2,26,27,28,31). The van der Waals surface area contributed by atoms with Crippen LogP contribution < -0.4 is 15.4 Å². The molecule has 0 unspecified atom stereocenters. The molecule has 1 amide bonds. The van der Waals surface area contributed by atoms with Gasteiger partial charge in [-0.2, -0.15) is 5.10 Å². The van der Waals surface area contributed by atoms with E-state index in [1.165, 1.54) is 0 Å². The number of hydrogen-bond acceptors (Lipinski definition) is 4. The van der Waals surface area contributed by atoms with Crippen LogP contribution >= 0.6 is 0 Å². The molecule has 0 aliphatic heterocycles. The van der Waals surface area contributed by atoms with Gasteiger partial charge >= 0.3 is 0 Å². The van der Waals surface area contributed by atoms with Gasteiger partial charge in [-0.1, -0.05) is 18.2 Å². The molecule has 2 aromatic carbocycles. The van der Waals surface area contributed by atoms with E-state index in [-0.39, 0.29) is 5.91 Å². The highest BCUT2D eigenvalue weighted by molar-refractivity contribution is 6.10. The van der Waals surface area contributed by atoms with E-state index in [0.29, 0.717) is 29.5 Å². The average Bonchev–Trinajstić information content (AvgIpc) is 3.06. The lowest BCUT2D eigenvalue weighted by Crippen LogP contribution is -2.36. The van der Waals surface area contributed by atoms with Crippen LogP contribution in [0.5, 0.6) is 5.75 Å². The molecule has 3 rings (SSSR count). The maximum atomic E-state index is 13.0. The van der Waals surface area contributed by atoms with Crippen molar-refractivity contribution in [2.75, 3.05) is 12.4 Å². The van der Waals surface area contributed by atoms with Crippen molar-refractivity contribution in [1.82, 2.24) is 15.1 Å². The fraction of sp³-hybridized carbons (Fsp3) is 0.320. The Morgan fingerprint density at radius 2 is 1.84 bits per heavy atom. The number of para-hydroxylation sites is 2. The summed E-state index contributed by atoms with van der Waals surface area (Å²) in [7, 11) is 1.61. The predicted octanol–water partition coefficient (Wildman–Crippen LogP) is 4.54. The molecule has 0 aliphatic carbocycles. The number of aryl methyl sites for hydroxylation is 4. The molecule has 32 heavy (non-hydrogen) atoms. The number of rotatable bonds is 6. The SMILES string of the molecule is CCn1nc(C)c(CN=C(NC(=O)c2ccc(C)c(C)c2)Nc2ccccc2OC)c1C. The number of aliphatic imine (C=N–C) groups is 1. The highest BCUT2D eigenvalue weighted by atomic mass is 16.5. The number of carbonyl (C=O) groups excluding carboxylic acids is 1. The Hall–Kier alpha value is -3.61. The lowest BCUT2D eigenvalue weighted by atomic mass is 10.1. The van der Waals surface area contributed by atoms with Crippen LogP contribution in [0.1, 0.15) is 45.4 Å². The minimum Gasteiger partial charge on any atom is -0.495 e. The molecule has 2 N–H and O–H groups in total. The number of carbonyl (C=O) groups is 1. The Morgan fingerprint density at radius 3 is 2.50 bits per heavy atom. The lowest BCUT2D eigenvalue weighted by molar-refractivity contribution is 0.0977. The van der Waals surface area contributed by atoms with Gasteiger partial charge in [-0.05, 0) is 70.0 Å². The van der Waals surface area contributed by atoms with E-state index < -0.39 is 0 Å². The van der Waals surface area contributed by atoms with Crippen LogP contribution in [0, 0.1) is 27.7 Å². The number of nitrogens with zero attached hydrogens (tertiary/aromatic N) is 3. The largest absolute Gasteiger partial charge is 0.495 e. The summed E-state index contributed by atoms with van der Waals surface area (Å²) >= 11 is 0. The molecule has 1 aromatic heterocycles. The first-order chi connectivity index (χ1) is 15.3. The van der Waals surface area contributed by atoms with E-state index in [1.54, 1.807) is 7.11 Å². The van der Waals surface area contributed by atoms with Gasteiger partial charge in [-0.15, -0.1) is 0 Å². The minimum absolute atomic E-state index is 0.230. The van der Waals surface area contributed by atoms with Crippen molar-refractivity contribution in [2.24, 2.45) is 4.99 Å². The molecule has 0 aliphatic rings. The number of guanidine groups is 1. The highest BCUT2D eigenvalue weighted by Crippen LogP contribution is 2.23. The molecule has 0 bridgehead atoms. The fourth-order valence-electron chi connectivity index (χ4n) is 3.48. The second-order valence-corrected chi connectivity index (χ2v) is 7.71. The first-order valence-electron chi connectivity index (χ1n) is 10.7. The second kappa shape index (κ2) is 10.1. The van der Waals surface area contributed by atoms with E-state index in [0.717, 1.165) is 34.6 Å². The second-order valence-electron chi connectivity index (χ2n) is 7.71. The molecule has 0 fully saturated rings. The van der Waals surface area contributed by atoms with Crippen molar-refractivity contribution >= 4 is 17.6 Å². The van der Waals surface area contributed by atoms with Crippen LogP contribution in [0.25, 0.3) is 0 Å². The number of amides is 1. The molecular formula is C25H31N5O2. The zero-order chi connectivity index (χ0) is 23.3. The summed E-state index contributed by atoms with van der Waals surface area (Å²) in [5, 5.41) is 10.7. The molecule has 168 valence electrons. The number of hydrogen-bond donors (Lipinski definition) is 2. The zero-order valence-electron chi connectivity index (χ0n) is 19.6. The third-order valence-corrected chi connectivity index (χ3v) is 5.59. The van der Waals surface area contributed by atoms with Gasteiger partial charge in [-0.3, -0.25) is 14.8 Å². The molecule has 3 aromatic rings. The van der Waals surface area contributed by atoms with E-state index in [1.807, 2.05) is 74.8 Å². The summed E-state index contributed by atoms with van der Waals surface area (Å²) in [5.74, 6) is 0.777. The smallest absolute Gasteiger partial charge is 0.257 e. The first-order valence-corrected chi connectivity index (χ1v) is 10.7. The molecule has 0 radical (unpaired) electrons. The Labute approximate surface area is 189 Å². The summed E-state index contributed by atoms with van der Waals surface area (Å²) in [6.07, 6.45) is 0. The average molecular weight is 434 g/mol. The van der Waals surface area contributed by atoms with Gasteiger partial charge in [0.25, 0.3) is 5.91 Å². The Kier molecular flexibility index (Phi) is 7.30. The van der Waals surface area contributed by atoms with Gasteiger partial charge in [0.05, 0.1) is 25.0 Å². The fourth-order valence-corrected chi connectivity index (χ4v) is 3.48. The summed E-state index contributed by atoms with van der Waals surface area (Å²) in [4.78, 5) is 17.7. The van der Waals surface area contributed by atoms with Crippen molar-refractivity contribution in [1.29, 1.82) is 0 Å². The normalized spacial score (nSPS) is 11.4. The number of nitrogens with one attached hydrogen (secondary N) is 2. The molecule has 1 heterocycles. The summed E-state index contributed by atoms with van der Waals surface area (Å²) in [6, 6.07) is 13.2. The summed E-state index contributed by atoms with van der Waals surface area (Å²) in [5.41, 5.74) is 6.55. The van der Waals surface area contributed by atoms with E-state index in [9.17, 15) is 4.79 Å². The minimum atomic E-state index is -0.230. The molecule has 7 nitrogen and oxygen atoms in total. The van der Waals surface area contributed by atoms with Crippen LogP contribution in [-0.4, -0.2) is 28.8 Å². The Morgan fingerprint density at radius 1 is 1.09 bits per heavy atom. The Balaban J connectivity index is 1.91. The summed E-state index contributed by atoms with van der Waals surface area (Å²) in [6.45, 7) is 11.3. The number of aromatic nitrogens is 2. The Bertz CT molecular complexity index is 1150. The van der Waals surface area contributed by atoms with Gasteiger partial charge in [0.2, 0.25) is 5.96 Å². The summed E-state index contributed by atoms with van der Waals surface area (Å²) < 4.78 is 7.40. The van der Waals surface area contributed by atoms with Crippen molar-refractivity contribution in [3.8, 4) is 5.75 Å². The van der Waals surface area contributed by atoms with E-state index >= 15 is 0 Å². The number of ether oxygens (including phenoxy) is 1. The molecule has 7 heteroatoms. The van der Waals surface area contributed by atoms with Crippen molar-refractivity contribution in [3.63, 3.8) is 0 Å². The third-order valence-electron chi connectivity index (χ3n) is 5.59. The lowest BCUT2D eigenvalue weighted by Gasteiger charge is -2.15. The number of methoxy groups -OCH3 is 1. The predicted molar refractivity (Wildman–Crippen MR) is 129 cm³/mol. The topological polar surface area (TPSA) is 80.5 Å². The quantitative estimate of drug-likeness (QED) is 0.442. The monoisotopic (exact) mass is 433 g/mol. The van der Waals surface area contributed by atoms with Crippen molar-refractivity contribution < 1.29 is 9.53 Å². The first kappa shape index (κ1) is 23.1. The van der Waals surface area contributed by atoms with Gasteiger partial charge in [0.1, 0.15) is 5.75 Å². The van der Waals surface area contributed by atoms with E-state index in [4.69, 9.17) is 9.73 Å². The van der Waals surface area contributed by atoms with Crippen LogP contribution in [0.4, 0.5) is 5.69 Å². The van der Waals surface area contributed by atoms with Crippen LogP contribution in [0.3, 0.4) is 0 Å². The highest BCUT2D eigenvalue weighted by Gasteiger charge is 2.14. The third kappa shape index (κ3) is 5.17. The van der Waals surface area contributed by atoms with Gasteiger partial charge < -0.3 is 10.1 Å². The number of benzene rings is 2. The van der Waals surface area contributed by atoms with Crippen molar-refractivity contribution in [2.45, 2.75) is 47.7 Å². The maximum Gasteiger partial charge on any atom is 0.257 e. The van der Waals surface area contributed by atoms with Gasteiger partial charge in [-0.25, -0.2) is 4.99 Å². The van der Waals surface area contributed by atoms with Gasteiger partial charge in [0.15, 0.2) is 0 Å². The molecule has 0 saturated carbocycles. The van der Waals surface area contributed by atoms with Crippen molar-refractivity contribution in [3.05, 3.63) is 76.1 Å².